The van der Waals surface area contributed by atoms with Gasteiger partial charge in [-0.05, 0) is 34.0 Å². The molecule has 0 saturated heterocycles. The lowest BCUT2D eigenvalue weighted by Gasteiger charge is -2.04. The Labute approximate surface area is 112 Å². The quantitative estimate of drug-likeness (QED) is 0.857. The lowest BCUT2D eigenvalue weighted by molar-refractivity contribution is 0.103. The monoisotopic (exact) mass is 307 g/mol. The first kappa shape index (κ1) is 11.0. The van der Waals surface area contributed by atoms with E-state index in [1.807, 2.05) is 29.0 Å². The molecule has 4 heteroatoms. The third-order valence-electron chi connectivity index (χ3n) is 2.94. The van der Waals surface area contributed by atoms with Gasteiger partial charge in [-0.1, -0.05) is 12.1 Å². The minimum atomic E-state index is 0.0784. The van der Waals surface area contributed by atoms with E-state index in [-0.39, 0.29) is 5.78 Å². The molecule has 0 spiro atoms. The number of carbonyl (C=O) groups excluding carboxylic acids is 1. The third kappa shape index (κ3) is 1.91. The second kappa shape index (κ2) is 4.27. The van der Waals surface area contributed by atoms with Crippen LogP contribution in [0.1, 0.15) is 21.5 Å². The molecule has 1 N–H and O–H groups in total. The van der Waals surface area contributed by atoms with Crippen LogP contribution in [0.5, 0.6) is 0 Å². The molecular formula is C13H10BrNOS. The number of rotatable bonds is 2. The predicted molar refractivity (Wildman–Crippen MR) is 74.1 cm³/mol. The molecule has 1 aromatic carbocycles. The maximum absolute atomic E-state index is 12.3. The summed E-state index contributed by atoms with van der Waals surface area (Å²) in [7, 11) is 0. The van der Waals surface area contributed by atoms with Gasteiger partial charge in [0.25, 0.3) is 0 Å². The molecule has 0 aliphatic carbocycles. The number of hydrogen-bond acceptors (Lipinski definition) is 3. The summed E-state index contributed by atoms with van der Waals surface area (Å²) >= 11 is 4.93. The van der Waals surface area contributed by atoms with Crippen LogP contribution in [-0.4, -0.2) is 12.3 Å². The van der Waals surface area contributed by atoms with E-state index in [4.69, 9.17) is 0 Å². The minimum Gasteiger partial charge on any atom is -0.384 e. The van der Waals surface area contributed by atoms with Crippen molar-refractivity contribution in [2.75, 3.05) is 11.9 Å². The van der Waals surface area contributed by atoms with E-state index in [2.05, 4.69) is 21.2 Å². The SMILES string of the molecule is O=C(c1ccc2c(c1)NCC2)c1cscc1Br. The van der Waals surface area contributed by atoms with Gasteiger partial charge >= 0.3 is 0 Å². The highest BCUT2D eigenvalue weighted by Crippen LogP contribution is 2.27. The summed E-state index contributed by atoms with van der Waals surface area (Å²) in [4.78, 5) is 12.3. The van der Waals surface area contributed by atoms with Gasteiger partial charge in [-0.3, -0.25) is 4.79 Å². The Morgan fingerprint density at radius 2 is 2.24 bits per heavy atom. The minimum absolute atomic E-state index is 0.0784. The van der Waals surface area contributed by atoms with E-state index in [0.717, 1.165) is 34.3 Å². The lowest BCUT2D eigenvalue weighted by atomic mass is 10.0. The number of nitrogens with one attached hydrogen (secondary N) is 1. The number of anilines is 1. The van der Waals surface area contributed by atoms with Gasteiger partial charge in [0.1, 0.15) is 0 Å². The molecule has 17 heavy (non-hydrogen) atoms. The number of thiophene rings is 1. The van der Waals surface area contributed by atoms with Gasteiger partial charge in [0.2, 0.25) is 0 Å². The molecule has 0 radical (unpaired) electrons. The maximum atomic E-state index is 12.3. The van der Waals surface area contributed by atoms with E-state index >= 15 is 0 Å². The molecule has 0 saturated carbocycles. The van der Waals surface area contributed by atoms with Crippen molar-refractivity contribution in [3.63, 3.8) is 0 Å². The fourth-order valence-corrected chi connectivity index (χ4v) is 3.49. The summed E-state index contributed by atoms with van der Waals surface area (Å²) < 4.78 is 0.876. The largest absolute Gasteiger partial charge is 0.384 e. The van der Waals surface area contributed by atoms with Crippen molar-refractivity contribution >= 4 is 38.7 Å². The molecule has 1 aliphatic rings. The van der Waals surface area contributed by atoms with Crippen molar-refractivity contribution in [1.29, 1.82) is 0 Å². The van der Waals surface area contributed by atoms with Gasteiger partial charge in [-0.15, -0.1) is 0 Å². The molecule has 0 atom stereocenters. The molecule has 0 unspecified atom stereocenters. The average molecular weight is 308 g/mol. The van der Waals surface area contributed by atoms with Gasteiger partial charge in [0, 0.05) is 38.6 Å². The number of halogens is 1. The van der Waals surface area contributed by atoms with Crippen LogP contribution in [0.2, 0.25) is 0 Å². The predicted octanol–water partition coefficient (Wildman–Crippen LogP) is 3.71. The van der Waals surface area contributed by atoms with E-state index in [1.54, 1.807) is 0 Å². The highest BCUT2D eigenvalue weighted by Gasteiger charge is 2.16. The van der Waals surface area contributed by atoms with E-state index in [1.165, 1.54) is 16.9 Å². The van der Waals surface area contributed by atoms with Crippen LogP contribution in [-0.2, 0) is 6.42 Å². The van der Waals surface area contributed by atoms with Crippen LogP contribution in [0, 0.1) is 0 Å². The maximum Gasteiger partial charge on any atom is 0.195 e. The van der Waals surface area contributed by atoms with Crippen molar-refractivity contribution in [3.8, 4) is 0 Å². The van der Waals surface area contributed by atoms with Crippen molar-refractivity contribution in [2.24, 2.45) is 0 Å². The molecule has 1 aliphatic heterocycles. The van der Waals surface area contributed by atoms with Gasteiger partial charge in [-0.2, -0.15) is 11.3 Å². The fourth-order valence-electron chi connectivity index (χ4n) is 2.03. The molecule has 2 nitrogen and oxygen atoms in total. The molecule has 0 bridgehead atoms. The first-order valence-corrected chi connectivity index (χ1v) is 7.12. The van der Waals surface area contributed by atoms with E-state index in [0.29, 0.717) is 0 Å². The Bertz CT molecular complexity index is 591. The Morgan fingerprint density at radius 1 is 1.35 bits per heavy atom. The smallest absolute Gasteiger partial charge is 0.195 e. The molecule has 2 aromatic rings. The van der Waals surface area contributed by atoms with Gasteiger partial charge in [0.15, 0.2) is 5.78 Å². The van der Waals surface area contributed by atoms with Gasteiger partial charge in [-0.25, -0.2) is 0 Å². The van der Waals surface area contributed by atoms with Crippen molar-refractivity contribution in [2.45, 2.75) is 6.42 Å². The number of ketones is 1. The number of carbonyl (C=O) groups is 1. The summed E-state index contributed by atoms with van der Waals surface area (Å²) in [5.41, 5.74) is 3.89. The van der Waals surface area contributed by atoms with Crippen LogP contribution in [0.4, 0.5) is 5.69 Å². The molecule has 0 fully saturated rings. The van der Waals surface area contributed by atoms with Crippen molar-refractivity contribution in [1.82, 2.24) is 0 Å². The Morgan fingerprint density at radius 3 is 3.00 bits per heavy atom. The van der Waals surface area contributed by atoms with Crippen molar-refractivity contribution in [3.05, 3.63) is 50.1 Å². The van der Waals surface area contributed by atoms with Crippen LogP contribution >= 0.6 is 27.3 Å². The fraction of sp³-hybridized carbons (Fsp3) is 0.154. The molecule has 0 amide bonds. The summed E-state index contributed by atoms with van der Waals surface area (Å²) in [6, 6.07) is 5.91. The molecular weight excluding hydrogens is 298 g/mol. The second-order valence-electron chi connectivity index (χ2n) is 4.01. The summed E-state index contributed by atoms with van der Waals surface area (Å²) in [5.74, 6) is 0.0784. The van der Waals surface area contributed by atoms with Crippen LogP contribution in [0.25, 0.3) is 0 Å². The van der Waals surface area contributed by atoms with Gasteiger partial charge in [0.05, 0.1) is 0 Å². The third-order valence-corrected chi connectivity index (χ3v) is 4.64. The number of benzene rings is 1. The first-order chi connectivity index (χ1) is 8.25. The Kier molecular flexibility index (Phi) is 2.76. The van der Waals surface area contributed by atoms with Crippen LogP contribution in [0.3, 0.4) is 0 Å². The van der Waals surface area contributed by atoms with E-state index < -0.39 is 0 Å². The topological polar surface area (TPSA) is 29.1 Å². The molecule has 3 rings (SSSR count). The average Bonchev–Trinajstić information content (AvgIpc) is 2.95. The number of fused-ring (bicyclic) bond motifs is 1. The standard InChI is InChI=1S/C13H10BrNOS/c14-11-7-17-6-10(11)13(16)9-2-1-8-3-4-15-12(8)5-9/h1-2,5-7,15H,3-4H2. The highest BCUT2D eigenvalue weighted by atomic mass is 79.9. The summed E-state index contributed by atoms with van der Waals surface area (Å²) in [5, 5.41) is 7.11. The van der Waals surface area contributed by atoms with Crippen LogP contribution < -0.4 is 5.32 Å². The summed E-state index contributed by atoms with van der Waals surface area (Å²) in [6.07, 6.45) is 1.05. The molecule has 1 aromatic heterocycles. The zero-order chi connectivity index (χ0) is 11.8. The zero-order valence-corrected chi connectivity index (χ0v) is 11.4. The zero-order valence-electron chi connectivity index (χ0n) is 9.00. The number of hydrogen-bond donors (Lipinski definition) is 1. The highest BCUT2D eigenvalue weighted by molar-refractivity contribution is 9.10. The molecule has 2 heterocycles. The summed E-state index contributed by atoms with van der Waals surface area (Å²) in [6.45, 7) is 0.967. The Hall–Kier alpha value is -1.13. The van der Waals surface area contributed by atoms with Crippen molar-refractivity contribution < 1.29 is 4.79 Å². The second-order valence-corrected chi connectivity index (χ2v) is 5.61. The molecule has 86 valence electrons. The normalized spacial score (nSPS) is 13.2. The first-order valence-electron chi connectivity index (χ1n) is 5.39. The van der Waals surface area contributed by atoms with Crippen LogP contribution in [0.15, 0.2) is 33.4 Å². The van der Waals surface area contributed by atoms with E-state index in [9.17, 15) is 4.79 Å². The Balaban J connectivity index is 2.00. The van der Waals surface area contributed by atoms with Gasteiger partial charge < -0.3 is 5.32 Å². The lowest BCUT2D eigenvalue weighted by Crippen LogP contribution is -2.01.